The third kappa shape index (κ3) is 2.61. The van der Waals surface area contributed by atoms with Crippen molar-refractivity contribution in [3.63, 3.8) is 0 Å². The number of carbonyl (C=O) groups is 1. The SMILES string of the molecule is CC(=O)N(Cc1cnco1)C1CCNCC1. The van der Waals surface area contributed by atoms with E-state index in [1.54, 1.807) is 13.1 Å². The van der Waals surface area contributed by atoms with E-state index in [9.17, 15) is 4.79 Å². The summed E-state index contributed by atoms with van der Waals surface area (Å²) in [5, 5.41) is 3.29. The Balaban J connectivity index is 2.01. The fraction of sp³-hybridized carbons (Fsp3) is 0.636. The molecule has 0 spiro atoms. The third-order valence-corrected chi connectivity index (χ3v) is 2.96. The van der Waals surface area contributed by atoms with E-state index < -0.39 is 0 Å². The number of hydrogen-bond donors (Lipinski definition) is 1. The molecule has 16 heavy (non-hydrogen) atoms. The Morgan fingerprint density at radius 1 is 1.62 bits per heavy atom. The fourth-order valence-corrected chi connectivity index (χ4v) is 2.10. The molecule has 0 bridgehead atoms. The van der Waals surface area contributed by atoms with Crippen LogP contribution in [-0.2, 0) is 11.3 Å². The van der Waals surface area contributed by atoms with Crippen molar-refractivity contribution in [1.82, 2.24) is 15.2 Å². The van der Waals surface area contributed by atoms with Crippen LogP contribution in [0.4, 0.5) is 0 Å². The summed E-state index contributed by atoms with van der Waals surface area (Å²) in [6, 6.07) is 0.323. The molecule has 2 heterocycles. The smallest absolute Gasteiger partial charge is 0.220 e. The number of carbonyl (C=O) groups excluding carboxylic acids is 1. The summed E-state index contributed by atoms with van der Waals surface area (Å²) in [6.45, 7) is 4.09. The lowest BCUT2D eigenvalue weighted by atomic mass is 10.0. The maximum absolute atomic E-state index is 11.6. The first-order valence-electron chi connectivity index (χ1n) is 5.62. The summed E-state index contributed by atoms with van der Waals surface area (Å²) in [5.74, 6) is 0.844. The summed E-state index contributed by atoms with van der Waals surface area (Å²) >= 11 is 0. The van der Waals surface area contributed by atoms with E-state index in [2.05, 4.69) is 10.3 Å². The molecule has 1 aliphatic heterocycles. The van der Waals surface area contributed by atoms with Crippen molar-refractivity contribution < 1.29 is 9.21 Å². The van der Waals surface area contributed by atoms with Gasteiger partial charge in [-0.05, 0) is 25.9 Å². The lowest BCUT2D eigenvalue weighted by Gasteiger charge is -2.33. The molecule has 2 rings (SSSR count). The zero-order chi connectivity index (χ0) is 11.4. The number of nitrogens with one attached hydrogen (secondary N) is 1. The molecule has 1 aliphatic rings. The first-order valence-corrected chi connectivity index (χ1v) is 5.62. The van der Waals surface area contributed by atoms with E-state index in [1.165, 1.54) is 6.39 Å². The molecule has 5 heteroatoms. The Morgan fingerprint density at radius 2 is 2.38 bits per heavy atom. The number of oxazole rings is 1. The molecule has 5 nitrogen and oxygen atoms in total. The van der Waals surface area contributed by atoms with Crippen molar-refractivity contribution in [3.8, 4) is 0 Å². The largest absolute Gasteiger partial charge is 0.447 e. The number of amides is 1. The van der Waals surface area contributed by atoms with Gasteiger partial charge in [-0.15, -0.1) is 0 Å². The molecule has 0 saturated carbocycles. The minimum Gasteiger partial charge on any atom is -0.447 e. The second-order valence-electron chi connectivity index (χ2n) is 4.10. The van der Waals surface area contributed by atoms with Gasteiger partial charge in [0, 0.05) is 13.0 Å². The number of nitrogens with zero attached hydrogens (tertiary/aromatic N) is 2. The van der Waals surface area contributed by atoms with Crippen molar-refractivity contribution in [2.75, 3.05) is 13.1 Å². The lowest BCUT2D eigenvalue weighted by Crippen LogP contribution is -2.44. The second-order valence-corrected chi connectivity index (χ2v) is 4.10. The molecule has 88 valence electrons. The number of aromatic nitrogens is 1. The van der Waals surface area contributed by atoms with Gasteiger partial charge in [-0.3, -0.25) is 4.79 Å². The average Bonchev–Trinajstić information content (AvgIpc) is 2.79. The highest BCUT2D eigenvalue weighted by molar-refractivity contribution is 5.73. The van der Waals surface area contributed by atoms with E-state index in [-0.39, 0.29) is 5.91 Å². The number of hydrogen-bond acceptors (Lipinski definition) is 4. The molecular formula is C11H17N3O2. The summed E-state index contributed by atoms with van der Waals surface area (Å²) in [7, 11) is 0. The summed E-state index contributed by atoms with van der Waals surface area (Å²) in [6.07, 6.45) is 5.08. The van der Waals surface area contributed by atoms with Gasteiger partial charge in [0.2, 0.25) is 5.91 Å². The quantitative estimate of drug-likeness (QED) is 0.822. The summed E-state index contributed by atoms with van der Waals surface area (Å²) < 4.78 is 5.18. The van der Waals surface area contributed by atoms with Gasteiger partial charge < -0.3 is 14.6 Å². The molecule has 1 amide bonds. The minimum absolute atomic E-state index is 0.100. The lowest BCUT2D eigenvalue weighted by molar-refractivity contribution is -0.132. The van der Waals surface area contributed by atoms with Gasteiger partial charge >= 0.3 is 0 Å². The van der Waals surface area contributed by atoms with E-state index in [1.807, 2.05) is 4.90 Å². The Hall–Kier alpha value is -1.36. The summed E-state index contributed by atoms with van der Waals surface area (Å²) in [5.41, 5.74) is 0. The molecule has 1 N–H and O–H groups in total. The van der Waals surface area contributed by atoms with Crippen LogP contribution < -0.4 is 5.32 Å². The van der Waals surface area contributed by atoms with Crippen LogP contribution in [0, 0.1) is 0 Å². The highest BCUT2D eigenvalue weighted by Crippen LogP contribution is 2.15. The van der Waals surface area contributed by atoms with E-state index in [0.29, 0.717) is 12.6 Å². The second kappa shape index (κ2) is 5.12. The number of piperidine rings is 1. The van der Waals surface area contributed by atoms with Gasteiger partial charge in [-0.1, -0.05) is 0 Å². The molecule has 1 aromatic rings. The molecular weight excluding hydrogens is 206 g/mol. The Morgan fingerprint density at radius 3 is 2.94 bits per heavy atom. The van der Waals surface area contributed by atoms with Gasteiger partial charge in [-0.25, -0.2) is 4.98 Å². The van der Waals surface area contributed by atoms with Crippen molar-refractivity contribution in [1.29, 1.82) is 0 Å². The van der Waals surface area contributed by atoms with Crippen LogP contribution >= 0.6 is 0 Å². The number of rotatable bonds is 3. The molecule has 0 radical (unpaired) electrons. The standard InChI is InChI=1S/C11H17N3O2/c1-9(15)14(7-11-6-13-8-16-11)10-2-4-12-5-3-10/h6,8,10,12H,2-5,7H2,1H3. The molecule has 1 saturated heterocycles. The Bertz CT molecular complexity index is 331. The van der Waals surface area contributed by atoms with E-state index >= 15 is 0 Å². The van der Waals surface area contributed by atoms with Crippen LogP contribution in [-0.4, -0.2) is 34.9 Å². The van der Waals surface area contributed by atoms with Crippen molar-refractivity contribution in [2.24, 2.45) is 0 Å². The van der Waals surface area contributed by atoms with Crippen molar-refractivity contribution in [2.45, 2.75) is 32.4 Å². The van der Waals surface area contributed by atoms with Crippen LogP contribution in [0.25, 0.3) is 0 Å². The maximum Gasteiger partial charge on any atom is 0.220 e. The minimum atomic E-state index is 0.100. The van der Waals surface area contributed by atoms with E-state index in [4.69, 9.17) is 4.42 Å². The van der Waals surface area contributed by atoms with Gasteiger partial charge in [0.25, 0.3) is 0 Å². The predicted octanol–water partition coefficient (Wildman–Crippen LogP) is 0.775. The highest BCUT2D eigenvalue weighted by Gasteiger charge is 2.23. The normalized spacial score (nSPS) is 17.3. The van der Waals surface area contributed by atoms with Gasteiger partial charge in [-0.2, -0.15) is 0 Å². The summed E-state index contributed by atoms with van der Waals surface area (Å²) in [4.78, 5) is 17.4. The van der Waals surface area contributed by atoms with Gasteiger partial charge in [0.05, 0.1) is 12.7 Å². The molecule has 0 aliphatic carbocycles. The highest BCUT2D eigenvalue weighted by atomic mass is 16.3. The molecule has 1 aromatic heterocycles. The van der Waals surface area contributed by atoms with Crippen LogP contribution in [0.3, 0.4) is 0 Å². The van der Waals surface area contributed by atoms with Crippen LogP contribution in [0.15, 0.2) is 17.0 Å². The van der Waals surface area contributed by atoms with Gasteiger partial charge in [0.1, 0.15) is 5.76 Å². The zero-order valence-corrected chi connectivity index (χ0v) is 9.48. The molecule has 0 unspecified atom stereocenters. The predicted molar refractivity (Wildman–Crippen MR) is 58.6 cm³/mol. The van der Waals surface area contributed by atoms with E-state index in [0.717, 1.165) is 31.7 Å². The van der Waals surface area contributed by atoms with Crippen LogP contribution in [0.1, 0.15) is 25.5 Å². The Kier molecular flexibility index (Phi) is 3.56. The first kappa shape index (κ1) is 11.1. The molecule has 0 atom stereocenters. The molecule has 1 fully saturated rings. The van der Waals surface area contributed by atoms with Crippen molar-refractivity contribution in [3.05, 3.63) is 18.4 Å². The monoisotopic (exact) mass is 223 g/mol. The topological polar surface area (TPSA) is 58.4 Å². The van der Waals surface area contributed by atoms with Crippen molar-refractivity contribution >= 4 is 5.91 Å². The first-order chi connectivity index (χ1) is 7.77. The maximum atomic E-state index is 11.6. The fourth-order valence-electron chi connectivity index (χ4n) is 2.10. The van der Waals surface area contributed by atoms with Gasteiger partial charge in [0.15, 0.2) is 6.39 Å². The Labute approximate surface area is 94.8 Å². The average molecular weight is 223 g/mol. The molecule has 0 aromatic carbocycles. The third-order valence-electron chi connectivity index (χ3n) is 2.96. The zero-order valence-electron chi connectivity index (χ0n) is 9.48. The van der Waals surface area contributed by atoms with Crippen LogP contribution in [0.5, 0.6) is 0 Å². The van der Waals surface area contributed by atoms with Crippen LogP contribution in [0.2, 0.25) is 0 Å².